The van der Waals surface area contributed by atoms with E-state index < -0.39 is 26.5 Å². The first-order valence-electron chi connectivity index (χ1n) is 26.3. The average molecular weight is 922 g/mol. The summed E-state index contributed by atoms with van der Waals surface area (Å²) in [6, 6.07) is 0. The summed E-state index contributed by atoms with van der Waals surface area (Å²) >= 11 is 0. The van der Waals surface area contributed by atoms with E-state index in [0.29, 0.717) is 17.4 Å². The molecule has 0 aliphatic carbocycles. The number of phosphoric acid groups is 1. The minimum absolute atomic E-state index is 0.0340. The van der Waals surface area contributed by atoms with E-state index in [2.05, 4.69) is 62.5 Å². The molecule has 2 atom stereocenters. The van der Waals surface area contributed by atoms with Crippen molar-refractivity contribution < 1.29 is 42.1 Å². The third-order valence-corrected chi connectivity index (χ3v) is 12.3. The van der Waals surface area contributed by atoms with Gasteiger partial charge in [-0.2, -0.15) is 0 Å². The van der Waals surface area contributed by atoms with E-state index in [0.717, 1.165) is 70.6 Å². The van der Waals surface area contributed by atoms with Crippen molar-refractivity contribution in [3.05, 3.63) is 48.6 Å². The van der Waals surface area contributed by atoms with E-state index in [1.54, 1.807) is 0 Å². The Labute approximate surface area is 394 Å². The highest BCUT2D eigenvalue weighted by Gasteiger charge is 2.21. The van der Waals surface area contributed by atoms with Gasteiger partial charge in [-0.3, -0.25) is 14.2 Å². The fourth-order valence-electron chi connectivity index (χ4n) is 7.19. The Hall–Kier alpha value is -2.03. The van der Waals surface area contributed by atoms with Crippen molar-refractivity contribution in [2.45, 2.75) is 238 Å². The molecule has 0 N–H and O–H groups in total. The number of carbonyl (C=O) groups excluding carboxylic acids is 2. The fraction of sp³-hybridized carbons (Fsp3) is 0.815. The summed E-state index contributed by atoms with van der Waals surface area (Å²) in [5.74, 6) is -0.843. The third-order valence-electron chi connectivity index (χ3n) is 11.3. The molecule has 0 rings (SSSR count). The van der Waals surface area contributed by atoms with E-state index in [9.17, 15) is 19.0 Å². The summed E-state index contributed by atoms with van der Waals surface area (Å²) in [4.78, 5) is 37.7. The molecule has 0 aromatic heterocycles. The normalized spacial score (nSPS) is 13.8. The Kier molecular flexibility index (Phi) is 44.6. The van der Waals surface area contributed by atoms with Gasteiger partial charge < -0.3 is 27.9 Å². The van der Waals surface area contributed by atoms with E-state index in [4.69, 9.17) is 18.5 Å². The Morgan fingerprint density at radius 2 is 0.844 bits per heavy atom. The molecule has 2 unspecified atom stereocenters. The predicted octanol–water partition coefficient (Wildman–Crippen LogP) is 15.2. The molecule has 0 bridgehead atoms. The Balaban J connectivity index is 4.26. The SMILES string of the molecule is CCCCCCC/C=C\C/C=C\C/C=C\CCCCCCCCCCC(=O)OC(COC(=O)CCCCCCCCC/C=C\CCCCCCCC)COP(=O)([O-])OCC[N+](C)(C)C. The van der Waals surface area contributed by atoms with E-state index in [1.165, 1.54) is 128 Å². The van der Waals surface area contributed by atoms with Gasteiger partial charge in [0.05, 0.1) is 27.7 Å². The zero-order valence-electron chi connectivity index (χ0n) is 42.2. The summed E-state index contributed by atoms with van der Waals surface area (Å²) < 4.78 is 34.1. The number of esters is 2. The molecule has 0 saturated carbocycles. The van der Waals surface area contributed by atoms with Gasteiger partial charge in [-0.25, -0.2) is 0 Å². The molecule has 0 heterocycles. The van der Waals surface area contributed by atoms with Crippen molar-refractivity contribution in [1.29, 1.82) is 0 Å². The lowest BCUT2D eigenvalue weighted by Crippen LogP contribution is -2.37. The maximum absolute atomic E-state index is 12.8. The molecule has 0 saturated heterocycles. The largest absolute Gasteiger partial charge is 0.756 e. The highest BCUT2D eigenvalue weighted by Crippen LogP contribution is 2.38. The molecule has 374 valence electrons. The molecule has 0 radical (unpaired) electrons. The van der Waals surface area contributed by atoms with Crippen molar-refractivity contribution in [1.82, 2.24) is 0 Å². The summed E-state index contributed by atoms with van der Waals surface area (Å²) in [7, 11) is 1.16. The van der Waals surface area contributed by atoms with E-state index in [1.807, 2.05) is 21.1 Å². The zero-order chi connectivity index (χ0) is 47.1. The number of hydrogen-bond donors (Lipinski definition) is 0. The molecular weight excluding hydrogens is 822 g/mol. The summed E-state index contributed by atoms with van der Waals surface area (Å²) in [6.07, 6.45) is 55.6. The van der Waals surface area contributed by atoms with Crippen LogP contribution in [0.15, 0.2) is 48.6 Å². The number of nitrogens with zero attached hydrogens (tertiary/aromatic N) is 1. The lowest BCUT2D eigenvalue weighted by molar-refractivity contribution is -0.870. The van der Waals surface area contributed by atoms with Crippen LogP contribution in [0.2, 0.25) is 0 Å². The first-order valence-corrected chi connectivity index (χ1v) is 27.8. The first kappa shape index (κ1) is 62.0. The zero-order valence-corrected chi connectivity index (χ0v) is 43.1. The van der Waals surface area contributed by atoms with Gasteiger partial charge in [0.2, 0.25) is 0 Å². The monoisotopic (exact) mass is 922 g/mol. The molecule has 10 heteroatoms. The number of allylic oxidation sites excluding steroid dienone is 8. The molecule has 0 spiro atoms. The third kappa shape index (κ3) is 49.4. The Morgan fingerprint density at radius 1 is 0.484 bits per heavy atom. The number of quaternary nitrogens is 1. The molecule has 0 aliphatic heterocycles. The Bertz CT molecular complexity index is 1230. The highest BCUT2D eigenvalue weighted by atomic mass is 31.2. The number of hydrogen-bond acceptors (Lipinski definition) is 8. The molecule has 0 fully saturated rings. The summed E-state index contributed by atoms with van der Waals surface area (Å²) in [6.45, 7) is 4.22. The number of ether oxygens (including phenoxy) is 2. The second-order valence-corrected chi connectivity index (χ2v) is 20.3. The van der Waals surface area contributed by atoms with Gasteiger partial charge in [-0.05, 0) is 77.0 Å². The average Bonchev–Trinajstić information content (AvgIpc) is 3.25. The van der Waals surface area contributed by atoms with Gasteiger partial charge in [-0.1, -0.05) is 191 Å². The van der Waals surface area contributed by atoms with Crippen LogP contribution in [0.4, 0.5) is 0 Å². The molecule has 0 aliphatic rings. The van der Waals surface area contributed by atoms with Gasteiger partial charge in [-0.15, -0.1) is 0 Å². The maximum Gasteiger partial charge on any atom is 0.306 e. The van der Waals surface area contributed by atoms with Gasteiger partial charge in [0.15, 0.2) is 6.10 Å². The van der Waals surface area contributed by atoms with Crippen molar-refractivity contribution in [2.24, 2.45) is 0 Å². The van der Waals surface area contributed by atoms with Crippen LogP contribution in [0.5, 0.6) is 0 Å². The van der Waals surface area contributed by atoms with Crippen molar-refractivity contribution in [3.63, 3.8) is 0 Å². The van der Waals surface area contributed by atoms with Crippen LogP contribution in [0, 0.1) is 0 Å². The van der Waals surface area contributed by atoms with Crippen LogP contribution in [-0.4, -0.2) is 70.0 Å². The molecule has 0 aromatic carbocycles. The van der Waals surface area contributed by atoms with Crippen molar-refractivity contribution >= 4 is 19.8 Å². The molecule has 64 heavy (non-hydrogen) atoms. The van der Waals surface area contributed by atoms with Crippen LogP contribution in [0.1, 0.15) is 232 Å². The van der Waals surface area contributed by atoms with Crippen LogP contribution in [0.25, 0.3) is 0 Å². The number of rotatable bonds is 48. The van der Waals surface area contributed by atoms with Gasteiger partial charge >= 0.3 is 11.9 Å². The first-order chi connectivity index (χ1) is 31.0. The van der Waals surface area contributed by atoms with Crippen LogP contribution in [0.3, 0.4) is 0 Å². The maximum atomic E-state index is 12.8. The highest BCUT2D eigenvalue weighted by molar-refractivity contribution is 7.45. The molecule has 0 aromatic rings. The number of unbranched alkanes of at least 4 members (excludes halogenated alkanes) is 26. The molecular formula is C54H100NO8P. The molecule has 9 nitrogen and oxygen atoms in total. The second-order valence-electron chi connectivity index (χ2n) is 18.9. The number of carbonyl (C=O) groups is 2. The number of phosphoric ester groups is 1. The lowest BCUT2D eigenvalue weighted by Gasteiger charge is -2.28. The van der Waals surface area contributed by atoms with Crippen LogP contribution >= 0.6 is 7.82 Å². The van der Waals surface area contributed by atoms with Crippen molar-refractivity contribution in [3.8, 4) is 0 Å². The van der Waals surface area contributed by atoms with Crippen molar-refractivity contribution in [2.75, 3.05) is 47.5 Å². The fourth-order valence-corrected chi connectivity index (χ4v) is 7.92. The van der Waals surface area contributed by atoms with Gasteiger partial charge in [0.1, 0.15) is 19.8 Å². The minimum atomic E-state index is -4.63. The second kappa shape index (κ2) is 46.1. The van der Waals surface area contributed by atoms with E-state index in [-0.39, 0.29) is 32.0 Å². The smallest absolute Gasteiger partial charge is 0.306 e. The summed E-state index contributed by atoms with van der Waals surface area (Å²) in [5.41, 5.74) is 0. The number of likely N-dealkylation sites (N-methyl/N-ethyl adjacent to an activating group) is 1. The van der Waals surface area contributed by atoms with Gasteiger partial charge in [0, 0.05) is 12.8 Å². The van der Waals surface area contributed by atoms with Crippen LogP contribution in [-0.2, 0) is 32.7 Å². The Morgan fingerprint density at radius 3 is 1.27 bits per heavy atom. The topological polar surface area (TPSA) is 111 Å². The summed E-state index contributed by atoms with van der Waals surface area (Å²) in [5, 5.41) is 0. The minimum Gasteiger partial charge on any atom is -0.756 e. The standard InChI is InChI=1S/C54H100NO8P/c1-6-8-10-12-14-16-18-20-22-24-25-26-27-28-29-31-33-35-37-39-41-43-45-47-54(57)63-52(51-62-64(58,59)61-49-48-55(3,4)5)50-60-53(56)46-44-42-40-38-36-34-32-30-23-21-19-17-15-13-11-9-7-2/h18,20-21,23-25,27-28,52H,6-17,19,22,26,29-51H2,1-5H3/b20-18-,23-21-,25-24-,28-27-. The van der Waals surface area contributed by atoms with E-state index >= 15 is 0 Å². The van der Waals surface area contributed by atoms with Crippen LogP contribution < -0.4 is 4.89 Å². The molecule has 0 amide bonds. The van der Waals surface area contributed by atoms with Gasteiger partial charge in [0.25, 0.3) is 7.82 Å². The quantitative estimate of drug-likeness (QED) is 0.0195. The lowest BCUT2D eigenvalue weighted by atomic mass is 10.1. The predicted molar refractivity (Wildman–Crippen MR) is 268 cm³/mol.